The molecule has 2 heterocycles. The van der Waals surface area contributed by atoms with Crippen LogP contribution in [0, 0.1) is 0 Å². The monoisotopic (exact) mass is 383 g/mol. The molecule has 1 N–H and O–H groups in total. The van der Waals surface area contributed by atoms with Crippen LogP contribution in [0.25, 0.3) is 11.5 Å². The van der Waals surface area contributed by atoms with E-state index in [1.807, 2.05) is 0 Å². The Balaban J connectivity index is 1.58. The van der Waals surface area contributed by atoms with Crippen LogP contribution in [0.5, 0.6) is 0 Å². The van der Waals surface area contributed by atoms with E-state index in [1.54, 1.807) is 61.7 Å². The van der Waals surface area contributed by atoms with E-state index in [2.05, 4.69) is 15.5 Å². The van der Waals surface area contributed by atoms with E-state index in [-0.39, 0.29) is 18.3 Å². The van der Waals surface area contributed by atoms with Crippen molar-refractivity contribution >= 4 is 29.3 Å². The molecule has 0 aliphatic carbocycles. The number of thioether (sulfide) groups is 1. The Morgan fingerprint density at radius 2 is 1.96 bits per heavy atom. The second-order valence-electron chi connectivity index (χ2n) is 5.34. The van der Waals surface area contributed by atoms with E-state index in [4.69, 9.17) is 9.15 Å². The molecular formula is C19H17N3O4S. The first-order valence-electron chi connectivity index (χ1n) is 8.23. The van der Waals surface area contributed by atoms with Crippen molar-refractivity contribution in [2.75, 3.05) is 17.7 Å². The number of benzene rings is 1. The van der Waals surface area contributed by atoms with Crippen molar-refractivity contribution in [3.05, 3.63) is 60.4 Å². The van der Waals surface area contributed by atoms with E-state index >= 15 is 0 Å². The van der Waals surface area contributed by atoms with Gasteiger partial charge in [0, 0.05) is 0 Å². The highest BCUT2D eigenvalue weighted by molar-refractivity contribution is 7.99. The van der Waals surface area contributed by atoms with Gasteiger partial charge in [0.2, 0.25) is 5.91 Å². The average Bonchev–Trinajstić information content (AvgIpc) is 3.22. The molecule has 2 aromatic heterocycles. The number of carbonyl (C=O) groups excluding carboxylic acids is 2. The highest BCUT2D eigenvalue weighted by Gasteiger charge is 2.14. The molecule has 3 rings (SSSR count). The topological polar surface area (TPSA) is 94.3 Å². The van der Waals surface area contributed by atoms with Crippen molar-refractivity contribution in [2.45, 2.75) is 11.9 Å². The lowest BCUT2D eigenvalue weighted by Crippen LogP contribution is -2.17. The Morgan fingerprint density at radius 1 is 1.11 bits per heavy atom. The summed E-state index contributed by atoms with van der Waals surface area (Å²) < 4.78 is 10.3. The zero-order valence-electron chi connectivity index (χ0n) is 14.5. The van der Waals surface area contributed by atoms with Gasteiger partial charge in [-0.25, -0.2) is 4.79 Å². The molecule has 0 saturated heterocycles. The number of anilines is 1. The minimum absolute atomic E-state index is 0.131. The lowest BCUT2D eigenvalue weighted by atomic mass is 10.2. The number of ether oxygens (including phenoxy) is 1. The Labute approximate surface area is 160 Å². The summed E-state index contributed by atoms with van der Waals surface area (Å²) in [5.41, 5.74) is 1.36. The number of hydrogen-bond acceptors (Lipinski definition) is 7. The zero-order chi connectivity index (χ0) is 19.1. The normalized spacial score (nSPS) is 10.4. The van der Waals surface area contributed by atoms with Gasteiger partial charge in [0.05, 0.1) is 29.9 Å². The molecule has 0 fully saturated rings. The van der Waals surface area contributed by atoms with E-state index < -0.39 is 5.97 Å². The molecule has 0 unspecified atom stereocenters. The van der Waals surface area contributed by atoms with Crippen LogP contribution in [-0.4, -0.2) is 34.4 Å². The van der Waals surface area contributed by atoms with Crippen molar-refractivity contribution in [2.24, 2.45) is 0 Å². The smallest absolute Gasteiger partial charge is 0.340 e. The molecule has 0 aliphatic heterocycles. The highest BCUT2D eigenvalue weighted by Crippen LogP contribution is 2.21. The Hall–Kier alpha value is -3.13. The number of nitrogens with zero attached hydrogens (tertiary/aromatic N) is 2. The van der Waals surface area contributed by atoms with E-state index in [0.29, 0.717) is 27.7 Å². The van der Waals surface area contributed by atoms with Crippen LogP contribution in [0.1, 0.15) is 17.3 Å². The van der Waals surface area contributed by atoms with Gasteiger partial charge in [-0.05, 0) is 43.3 Å². The maximum Gasteiger partial charge on any atom is 0.340 e. The summed E-state index contributed by atoms with van der Waals surface area (Å²) in [6.07, 6.45) is 1.57. The van der Waals surface area contributed by atoms with Crippen LogP contribution >= 0.6 is 11.8 Å². The summed E-state index contributed by atoms with van der Waals surface area (Å²) in [6.45, 7) is 2.00. The average molecular weight is 383 g/mol. The SMILES string of the molecule is CCOC(=O)c1ccccc1NC(=O)CSc1ccc(-c2ccco2)nn1. The first-order chi connectivity index (χ1) is 13.2. The fourth-order valence-electron chi connectivity index (χ4n) is 2.26. The summed E-state index contributed by atoms with van der Waals surface area (Å²) in [4.78, 5) is 24.2. The lowest BCUT2D eigenvalue weighted by molar-refractivity contribution is -0.113. The summed E-state index contributed by atoms with van der Waals surface area (Å²) >= 11 is 1.25. The fourth-order valence-corrected chi connectivity index (χ4v) is 2.87. The van der Waals surface area contributed by atoms with Gasteiger partial charge < -0.3 is 14.5 Å². The third-order valence-corrected chi connectivity index (χ3v) is 4.38. The second kappa shape index (κ2) is 9.00. The molecule has 1 aromatic carbocycles. The molecule has 0 atom stereocenters. The van der Waals surface area contributed by atoms with Gasteiger partial charge >= 0.3 is 5.97 Å². The van der Waals surface area contributed by atoms with Gasteiger partial charge in [-0.3, -0.25) is 4.79 Å². The van der Waals surface area contributed by atoms with Crippen LogP contribution in [0.3, 0.4) is 0 Å². The number of nitrogens with one attached hydrogen (secondary N) is 1. The molecule has 1 amide bonds. The van der Waals surface area contributed by atoms with Gasteiger partial charge in [-0.15, -0.1) is 10.2 Å². The minimum atomic E-state index is -0.472. The number of furan rings is 1. The summed E-state index contributed by atoms with van der Waals surface area (Å²) in [5, 5.41) is 11.5. The number of para-hydroxylation sites is 1. The predicted molar refractivity (Wildman–Crippen MR) is 101 cm³/mol. The molecule has 0 saturated carbocycles. The molecule has 0 radical (unpaired) electrons. The number of carbonyl (C=O) groups is 2. The lowest BCUT2D eigenvalue weighted by Gasteiger charge is -2.10. The van der Waals surface area contributed by atoms with Crippen LogP contribution < -0.4 is 5.32 Å². The summed E-state index contributed by atoms with van der Waals surface area (Å²) in [5.74, 6) is 0.0350. The third-order valence-electron chi connectivity index (χ3n) is 3.46. The fraction of sp³-hybridized carbons (Fsp3) is 0.158. The molecule has 138 valence electrons. The minimum Gasteiger partial charge on any atom is -0.463 e. The molecule has 7 nitrogen and oxygen atoms in total. The van der Waals surface area contributed by atoms with Crippen molar-refractivity contribution < 1.29 is 18.7 Å². The van der Waals surface area contributed by atoms with Gasteiger partial charge in [-0.2, -0.15) is 0 Å². The van der Waals surface area contributed by atoms with Crippen LogP contribution in [0.2, 0.25) is 0 Å². The zero-order valence-corrected chi connectivity index (χ0v) is 15.4. The molecule has 0 bridgehead atoms. The predicted octanol–water partition coefficient (Wildman–Crippen LogP) is 3.64. The van der Waals surface area contributed by atoms with E-state index in [1.165, 1.54) is 11.8 Å². The van der Waals surface area contributed by atoms with Gasteiger partial charge in [0.1, 0.15) is 10.7 Å². The maximum atomic E-state index is 12.2. The number of esters is 1. The Kier molecular flexibility index (Phi) is 6.22. The van der Waals surface area contributed by atoms with Crippen molar-refractivity contribution in [3.63, 3.8) is 0 Å². The number of rotatable bonds is 7. The molecule has 0 spiro atoms. The number of aromatic nitrogens is 2. The van der Waals surface area contributed by atoms with Gasteiger partial charge in [0.25, 0.3) is 0 Å². The van der Waals surface area contributed by atoms with E-state index in [0.717, 1.165) is 0 Å². The number of hydrogen-bond donors (Lipinski definition) is 1. The Bertz CT molecular complexity index is 911. The molecule has 27 heavy (non-hydrogen) atoms. The molecule has 3 aromatic rings. The standard InChI is InChI=1S/C19H17N3O4S/c1-2-25-19(24)13-6-3-4-7-14(13)20-17(23)12-27-18-10-9-15(21-22-18)16-8-5-11-26-16/h3-11H,2,12H2,1H3,(H,20,23). The highest BCUT2D eigenvalue weighted by atomic mass is 32.2. The van der Waals surface area contributed by atoms with Crippen molar-refractivity contribution in [3.8, 4) is 11.5 Å². The molecule has 0 aliphatic rings. The van der Waals surface area contributed by atoms with Gasteiger partial charge in [-0.1, -0.05) is 23.9 Å². The van der Waals surface area contributed by atoms with Crippen LogP contribution in [0.4, 0.5) is 5.69 Å². The quantitative estimate of drug-likeness (QED) is 0.491. The largest absolute Gasteiger partial charge is 0.463 e. The number of amides is 1. The molecular weight excluding hydrogens is 366 g/mol. The van der Waals surface area contributed by atoms with Gasteiger partial charge in [0.15, 0.2) is 5.76 Å². The first-order valence-corrected chi connectivity index (χ1v) is 9.22. The van der Waals surface area contributed by atoms with E-state index in [9.17, 15) is 9.59 Å². The second-order valence-corrected chi connectivity index (χ2v) is 6.33. The maximum absolute atomic E-state index is 12.2. The van der Waals surface area contributed by atoms with Crippen molar-refractivity contribution in [1.29, 1.82) is 0 Å². The van der Waals surface area contributed by atoms with Crippen molar-refractivity contribution in [1.82, 2.24) is 10.2 Å². The molecule has 8 heteroatoms. The summed E-state index contributed by atoms with van der Waals surface area (Å²) in [7, 11) is 0. The van der Waals surface area contributed by atoms with Crippen LogP contribution in [-0.2, 0) is 9.53 Å². The summed E-state index contributed by atoms with van der Waals surface area (Å²) in [6, 6.07) is 13.9. The van der Waals surface area contributed by atoms with Crippen LogP contribution in [0.15, 0.2) is 64.2 Å². The Morgan fingerprint density at radius 3 is 2.67 bits per heavy atom. The third kappa shape index (κ3) is 4.95. The first kappa shape index (κ1) is 18.7.